The van der Waals surface area contributed by atoms with Crippen LogP contribution in [-0.2, 0) is 19.5 Å². The number of nitrogens with zero attached hydrogens (tertiary/aromatic N) is 3. The summed E-state index contributed by atoms with van der Waals surface area (Å²) in [7, 11) is 3.21. The van der Waals surface area contributed by atoms with Crippen molar-refractivity contribution >= 4 is 11.7 Å². The summed E-state index contributed by atoms with van der Waals surface area (Å²) in [5.74, 6) is 1.74. The Kier molecular flexibility index (Phi) is 7.94. The van der Waals surface area contributed by atoms with Gasteiger partial charge in [-0.15, -0.1) is 0 Å². The van der Waals surface area contributed by atoms with Gasteiger partial charge in [0, 0.05) is 31.3 Å². The molecule has 38 heavy (non-hydrogen) atoms. The van der Waals surface area contributed by atoms with Crippen LogP contribution >= 0.6 is 0 Å². The van der Waals surface area contributed by atoms with Gasteiger partial charge in [-0.05, 0) is 47.1 Å². The third-order valence-electron chi connectivity index (χ3n) is 6.99. The van der Waals surface area contributed by atoms with E-state index in [1.807, 2.05) is 18.2 Å². The van der Waals surface area contributed by atoms with Crippen LogP contribution < -0.4 is 31.7 Å². The topological polar surface area (TPSA) is 113 Å². The average Bonchev–Trinajstić information content (AvgIpc) is 2.88. The lowest BCUT2D eigenvalue weighted by Gasteiger charge is -2.25. The highest BCUT2D eigenvalue weighted by Crippen LogP contribution is 2.38. The molecule has 0 fully saturated rings. The van der Waals surface area contributed by atoms with Crippen LogP contribution in [0.5, 0.6) is 11.5 Å². The molecule has 0 radical (unpaired) electrons. The summed E-state index contributed by atoms with van der Waals surface area (Å²) >= 11 is 0. The summed E-state index contributed by atoms with van der Waals surface area (Å²) in [5, 5.41) is 2.59. The molecule has 0 bridgehead atoms. The molecule has 2 aromatic carbocycles. The smallest absolute Gasteiger partial charge is 0.330 e. The van der Waals surface area contributed by atoms with Crippen molar-refractivity contribution in [3.05, 3.63) is 69.1 Å². The minimum Gasteiger partial charge on any atom is -0.493 e. The molecule has 2 heterocycles. The largest absolute Gasteiger partial charge is 0.493 e. The number of hydrogen-bond acceptors (Lipinski definition) is 5. The second-order valence-electron chi connectivity index (χ2n) is 10.1. The number of primary amides is 1. The molecule has 3 aromatic rings. The Labute approximate surface area is 222 Å². The molecule has 1 aliphatic rings. The number of ether oxygens (including phenoxy) is 2. The van der Waals surface area contributed by atoms with Gasteiger partial charge in [-0.25, -0.2) is 14.6 Å². The first-order valence-electron chi connectivity index (χ1n) is 13.0. The fraction of sp³-hybridized carbons (Fsp3) is 0.414. The number of aromatic nitrogens is 2. The molecule has 2 amide bonds. The van der Waals surface area contributed by atoms with Gasteiger partial charge in [-0.2, -0.15) is 0 Å². The van der Waals surface area contributed by atoms with E-state index in [4.69, 9.17) is 20.2 Å². The molecule has 9 heteroatoms. The summed E-state index contributed by atoms with van der Waals surface area (Å²) in [6, 6.07) is 11.5. The van der Waals surface area contributed by atoms with Crippen molar-refractivity contribution in [1.82, 2.24) is 14.5 Å². The number of para-hydroxylation sites is 1. The van der Waals surface area contributed by atoms with Crippen molar-refractivity contribution < 1.29 is 14.3 Å². The number of aryl methyl sites for hydroxylation is 1. The number of fused-ring (bicyclic) bond motifs is 3. The van der Waals surface area contributed by atoms with Crippen LogP contribution in [0, 0.1) is 0 Å². The molecule has 1 aliphatic heterocycles. The Balaban J connectivity index is 2.03. The van der Waals surface area contributed by atoms with E-state index in [2.05, 4.69) is 51.2 Å². The second-order valence-corrected chi connectivity index (χ2v) is 10.1. The van der Waals surface area contributed by atoms with E-state index in [0.29, 0.717) is 30.0 Å². The number of nitrogens with two attached hydrogens (primary N) is 1. The van der Waals surface area contributed by atoms with Crippen LogP contribution in [0.1, 0.15) is 56.2 Å². The molecule has 202 valence electrons. The van der Waals surface area contributed by atoms with Gasteiger partial charge in [-0.3, -0.25) is 9.13 Å². The number of nitrogens with one attached hydrogen (secondary N) is 1. The minimum absolute atomic E-state index is 0.193. The van der Waals surface area contributed by atoms with Crippen molar-refractivity contribution in [2.24, 2.45) is 10.7 Å². The first kappa shape index (κ1) is 27.0. The van der Waals surface area contributed by atoms with Crippen LogP contribution in [0.3, 0.4) is 0 Å². The lowest BCUT2D eigenvalue weighted by molar-refractivity contribution is 0.248. The van der Waals surface area contributed by atoms with E-state index in [9.17, 15) is 9.59 Å². The van der Waals surface area contributed by atoms with E-state index < -0.39 is 6.03 Å². The molecular formula is C29H37N5O4. The predicted molar refractivity (Wildman–Crippen MR) is 148 cm³/mol. The van der Waals surface area contributed by atoms with Crippen LogP contribution in [0.15, 0.2) is 46.2 Å². The molecule has 9 nitrogen and oxygen atoms in total. The molecule has 0 aliphatic carbocycles. The van der Waals surface area contributed by atoms with Gasteiger partial charge >= 0.3 is 11.7 Å². The van der Waals surface area contributed by atoms with Gasteiger partial charge in [0.1, 0.15) is 5.49 Å². The maximum atomic E-state index is 13.9. The Morgan fingerprint density at radius 1 is 1.05 bits per heavy atom. The van der Waals surface area contributed by atoms with Crippen molar-refractivity contribution in [3.63, 3.8) is 0 Å². The van der Waals surface area contributed by atoms with E-state index >= 15 is 0 Å². The number of carbonyl (C=O) groups is 1. The second kappa shape index (κ2) is 11.2. The molecule has 0 spiro atoms. The summed E-state index contributed by atoms with van der Waals surface area (Å²) in [5.41, 5.74) is 11.5. The lowest BCUT2D eigenvalue weighted by Crippen LogP contribution is -2.44. The van der Waals surface area contributed by atoms with Gasteiger partial charge in [0.25, 0.3) is 0 Å². The fourth-order valence-corrected chi connectivity index (χ4v) is 5.01. The predicted octanol–water partition coefficient (Wildman–Crippen LogP) is 4.04. The van der Waals surface area contributed by atoms with E-state index in [0.717, 1.165) is 33.6 Å². The maximum absolute atomic E-state index is 13.9. The highest BCUT2D eigenvalue weighted by Gasteiger charge is 2.23. The first-order chi connectivity index (χ1) is 18.2. The Bertz CT molecular complexity index is 1460. The molecule has 0 atom stereocenters. The standard InChI is InChI=1S/C29H37N5O4/c1-17(2)20-8-7-9-21(18(3)4)27(20)32-26-16-23-22-15-25(38-6)24(37-5)14-19(22)10-12-33(23)29(36)34(26)13-11-31-28(30)35/h7-9,14-18H,10-13H2,1-6H3,(H3,30,31,35). The Hall–Kier alpha value is -4.01. The van der Waals surface area contributed by atoms with Crippen molar-refractivity contribution in [1.29, 1.82) is 0 Å². The highest BCUT2D eigenvalue weighted by molar-refractivity contribution is 5.71. The zero-order valence-corrected chi connectivity index (χ0v) is 23.0. The number of urea groups is 1. The average molecular weight is 520 g/mol. The molecule has 1 aromatic heterocycles. The number of methoxy groups -OCH3 is 2. The van der Waals surface area contributed by atoms with E-state index in [1.54, 1.807) is 23.4 Å². The highest BCUT2D eigenvalue weighted by atomic mass is 16.5. The third-order valence-corrected chi connectivity index (χ3v) is 6.99. The van der Waals surface area contributed by atoms with E-state index in [-0.39, 0.29) is 30.6 Å². The Morgan fingerprint density at radius 2 is 1.68 bits per heavy atom. The molecule has 0 saturated carbocycles. The van der Waals surface area contributed by atoms with Gasteiger partial charge in [0.05, 0.1) is 25.6 Å². The van der Waals surface area contributed by atoms with Crippen LogP contribution in [0.4, 0.5) is 10.5 Å². The quantitative estimate of drug-likeness (QED) is 0.468. The zero-order valence-electron chi connectivity index (χ0n) is 23.0. The van der Waals surface area contributed by atoms with Gasteiger partial charge in [-0.1, -0.05) is 45.9 Å². The maximum Gasteiger partial charge on any atom is 0.330 e. The summed E-state index contributed by atoms with van der Waals surface area (Å²) in [4.78, 5) is 30.4. The monoisotopic (exact) mass is 519 g/mol. The first-order valence-corrected chi connectivity index (χ1v) is 13.0. The molecule has 4 rings (SSSR count). The summed E-state index contributed by atoms with van der Waals surface area (Å²) in [6.45, 7) is 9.52. The fourth-order valence-electron chi connectivity index (χ4n) is 5.01. The number of rotatable bonds is 8. The van der Waals surface area contributed by atoms with Gasteiger partial charge in [0.15, 0.2) is 11.5 Å². The third kappa shape index (κ3) is 5.18. The van der Waals surface area contributed by atoms with Gasteiger partial charge in [0.2, 0.25) is 0 Å². The molecular weight excluding hydrogens is 482 g/mol. The number of hydrogen-bond donors (Lipinski definition) is 2. The number of carbonyl (C=O) groups excluding carboxylic acids is 1. The van der Waals surface area contributed by atoms with Crippen LogP contribution in [-0.4, -0.2) is 35.9 Å². The normalized spacial score (nSPS) is 12.9. The van der Waals surface area contributed by atoms with Crippen molar-refractivity contribution in [3.8, 4) is 22.8 Å². The summed E-state index contributed by atoms with van der Waals surface area (Å²) in [6.07, 6.45) is 0.673. The van der Waals surface area contributed by atoms with Crippen LogP contribution in [0.25, 0.3) is 11.3 Å². The lowest BCUT2D eigenvalue weighted by atomic mass is 9.93. The Morgan fingerprint density at radius 3 is 2.26 bits per heavy atom. The van der Waals surface area contributed by atoms with Crippen molar-refractivity contribution in [2.75, 3.05) is 20.8 Å². The SMILES string of the molecule is COc1cc2c(cc1OC)-c1cc(=Nc3c(C(C)C)cccc3C(C)C)n(CCNC(N)=O)c(=O)n1CC2. The van der Waals surface area contributed by atoms with Crippen molar-refractivity contribution in [2.45, 2.75) is 59.0 Å². The minimum atomic E-state index is -0.635. The van der Waals surface area contributed by atoms with Crippen LogP contribution in [0.2, 0.25) is 0 Å². The number of benzene rings is 2. The summed E-state index contributed by atoms with van der Waals surface area (Å²) < 4.78 is 14.5. The number of amides is 2. The molecule has 0 unspecified atom stereocenters. The zero-order chi connectivity index (χ0) is 27.6. The van der Waals surface area contributed by atoms with Gasteiger partial charge < -0.3 is 20.5 Å². The van der Waals surface area contributed by atoms with E-state index in [1.165, 1.54) is 0 Å². The molecule has 3 N–H and O–H groups in total. The molecule has 0 saturated heterocycles.